The predicted octanol–water partition coefficient (Wildman–Crippen LogP) is 3.77. The maximum atomic E-state index is 12.0. The van der Waals surface area contributed by atoms with Gasteiger partial charge in [-0.25, -0.2) is 0 Å². The molecule has 22 heavy (non-hydrogen) atoms. The molecule has 0 heterocycles. The second-order valence-electron chi connectivity index (χ2n) is 3.95. The Labute approximate surface area is 121 Å². The van der Waals surface area contributed by atoms with Gasteiger partial charge in [-0.05, 0) is 23.3 Å². The van der Waals surface area contributed by atoms with Crippen LogP contribution in [0.2, 0.25) is 0 Å². The Balaban J connectivity index is 2.87. The zero-order chi connectivity index (χ0) is 16.8. The molecule has 3 nitrogen and oxygen atoms in total. The maximum Gasteiger partial charge on any atom is 0.522 e. The van der Waals surface area contributed by atoms with E-state index < -0.39 is 25.9 Å². The van der Waals surface area contributed by atoms with Crippen LogP contribution in [0.3, 0.4) is 0 Å². The van der Waals surface area contributed by atoms with E-state index in [9.17, 15) is 26.3 Å². The van der Waals surface area contributed by atoms with Crippen LogP contribution < -0.4 is 4.74 Å². The highest BCUT2D eigenvalue weighted by atomic mass is 19.4. The van der Waals surface area contributed by atoms with Gasteiger partial charge in [-0.15, -0.1) is 32.8 Å². The first kappa shape index (κ1) is 18.1. The van der Waals surface area contributed by atoms with E-state index >= 15 is 0 Å². The van der Waals surface area contributed by atoms with Crippen molar-refractivity contribution in [2.45, 2.75) is 25.9 Å². The van der Waals surface area contributed by atoms with Gasteiger partial charge in [-0.1, -0.05) is 12.0 Å². The number of alkyl halides is 6. The van der Waals surface area contributed by atoms with Gasteiger partial charge < -0.3 is 4.74 Å². The molecule has 1 aromatic carbocycles. The topological polar surface area (TPSA) is 27.7 Å². The van der Waals surface area contributed by atoms with Gasteiger partial charge in [0.2, 0.25) is 0 Å². The fourth-order valence-corrected chi connectivity index (χ4v) is 1.43. The smallest absolute Gasteiger partial charge is 0.481 e. The lowest BCUT2D eigenvalue weighted by Gasteiger charge is -2.12. The molecular weight excluding hydrogens is 318 g/mol. The van der Waals surface area contributed by atoms with Crippen LogP contribution in [0.25, 0.3) is 0 Å². The first-order chi connectivity index (χ1) is 10.1. The molecule has 0 unspecified atom stereocenters. The maximum absolute atomic E-state index is 12.0. The van der Waals surface area contributed by atoms with Gasteiger partial charge in [-0.2, -0.15) is 0 Å². The minimum Gasteiger partial charge on any atom is -0.481 e. The van der Waals surface area contributed by atoms with Crippen molar-refractivity contribution in [2.24, 2.45) is 0 Å². The lowest BCUT2D eigenvalue weighted by molar-refractivity contribution is -0.330. The highest BCUT2D eigenvalue weighted by Gasteiger charge is 2.30. The number of terminal acetylenes is 1. The van der Waals surface area contributed by atoms with Crippen LogP contribution in [0.5, 0.6) is 5.75 Å². The largest absolute Gasteiger partial charge is 0.522 e. The Morgan fingerprint density at radius 1 is 0.864 bits per heavy atom. The summed E-state index contributed by atoms with van der Waals surface area (Å²) >= 11 is 0. The number of ether oxygens (including phenoxy) is 3. The van der Waals surface area contributed by atoms with Crippen molar-refractivity contribution in [2.75, 3.05) is 6.61 Å². The molecule has 0 saturated carbocycles. The van der Waals surface area contributed by atoms with E-state index in [0.717, 1.165) is 6.07 Å². The minimum absolute atomic E-state index is 0.0157. The molecule has 0 bridgehead atoms. The van der Waals surface area contributed by atoms with Crippen LogP contribution in [0.1, 0.15) is 11.1 Å². The van der Waals surface area contributed by atoms with Crippen molar-refractivity contribution in [1.82, 2.24) is 0 Å². The van der Waals surface area contributed by atoms with E-state index in [4.69, 9.17) is 11.2 Å². The fraction of sp³-hybridized carbons (Fsp3) is 0.385. The van der Waals surface area contributed by atoms with Crippen molar-refractivity contribution in [1.29, 1.82) is 0 Å². The van der Waals surface area contributed by atoms with Crippen molar-refractivity contribution in [3.63, 3.8) is 0 Å². The number of hydrogen-bond acceptors (Lipinski definition) is 3. The number of hydrogen-bond donors (Lipinski definition) is 0. The van der Waals surface area contributed by atoms with Gasteiger partial charge in [0.05, 0.1) is 13.2 Å². The standard InChI is InChI=1S/C13H10F6O3/c1-2-3-20-11-5-9(7-21-12(14,15)16)4-10(6-11)8-22-13(17,18)19/h1,4-6H,3,7-8H2. The Morgan fingerprint density at radius 2 is 1.32 bits per heavy atom. The van der Waals surface area contributed by atoms with Crippen molar-refractivity contribution >= 4 is 0 Å². The monoisotopic (exact) mass is 328 g/mol. The number of rotatable bonds is 6. The zero-order valence-corrected chi connectivity index (χ0v) is 10.9. The molecular formula is C13H10F6O3. The lowest BCUT2D eigenvalue weighted by Crippen LogP contribution is -2.14. The van der Waals surface area contributed by atoms with Gasteiger partial charge >= 0.3 is 12.7 Å². The summed E-state index contributed by atoms with van der Waals surface area (Å²) in [5.74, 6) is 2.14. The molecule has 9 heteroatoms. The second-order valence-corrected chi connectivity index (χ2v) is 3.95. The van der Waals surface area contributed by atoms with Gasteiger partial charge in [0.1, 0.15) is 12.4 Å². The van der Waals surface area contributed by atoms with E-state index in [1.165, 1.54) is 12.1 Å². The normalized spacial score (nSPS) is 12.0. The van der Waals surface area contributed by atoms with Gasteiger partial charge in [0.15, 0.2) is 0 Å². The first-order valence-electron chi connectivity index (χ1n) is 5.69. The minimum atomic E-state index is -4.86. The first-order valence-corrected chi connectivity index (χ1v) is 5.69. The number of benzene rings is 1. The van der Waals surface area contributed by atoms with Crippen LogP contribution in [-0.2, 0) is 22.7 Å². The summed E-state index contributed by atoms with van der Waals surface area (Å²) in [5.41, 5.74) is -0.0692. The highest BCUT2D eigenvalue weighted by molar-refractivity contribution is 5.34. The van der Waals surface area contributed by atoms with Crippen molar-refractivity contribution in [3.8, 4) is 18.1 Å². The SMILES string of the molecule is C#CCOc1cc(COC(F)(F)F)cc(COC(F)(F)F)c1. The van der Waals surface area contributed by atoms with E-state index in [1.807, 2.05) is 0 Å². The Morgan fingerprint density at radius 3 is 1.68 bits per heavy atom. The van der Waals surface area contributed by atoms with Crippen LogP contribution in [0.15, 0.2) is 18.2 Å². The Kier molecular flexibility index (Phi) is 6.08. The third kappa shape index (κ3) is 7.75. The molecule has 0 aromatic heterocycles. The van der Waals surface area contributed by atoms with Crippen molar-refractivity contribution in [3.05, 3.63) is 29.3 Å². The molecule has 0 saturated heterocycles. The molecule has 0 aliphatic carbocycles. The summed E-state index contributed by atoms with van der Waals surface area (Å²) in [6.45, 7) is -1.95. The quantitative estimate of drug-likeness (QED) is 0.588. The summed E-state index contributed by atoms with van der Waals surface area (Å²) in [6.07, 6.45) is -4.76. The summed E-state index contributed by atoms with van der Waals surface area (Å²) in [5, 5.41) is 0. The van der Waals surface area contributed by atoms with Gasteiger partial charge in [0.25, 0.3) is 0 Å². The fourth-order valence-electron chi connectivity index (χ4n) is 1.43. The Hall–Kier alpha value is -1.92. The molecule has 0 amide bonds. The molecule has 122 valence electrons. The zero-order valence-electron chi connectivity index (χ0n) is 10.9. The molecule has 0 fully saturated rings. The summed E-state index contributed by atoms with van der Waals surface area (Å²) < 4.78 is 84.2. The molecule has 1 aromatic rings. The highest BCUT2D eigenvalue weighted by Crippen LogP contribution is 2.25. The van der Waals surface area contributed by atoms with E-state index in [1.54, 1.807) is 0 Å². The predicted molar refractivity (Wildman–Crippen MR) is 62.5 cm³/mol. The Bertz CT molecular complexity index is 494. The van der Waals surface area contributed by atoms with E-state index in [0.29, 0.717) is 0 Å². The van der Waals surface area contributed by atoms with Crippen LogP contribution in [0.4, 0.5) is 26.3 Å². The summed E-state index contributed by atoms with van der Waals surface area (Å²) in [6, 6.07) is 3.44. The second kappa shape index (κ2) is 7.38. The van der Waals surface area contributed by atoms with E-state index in [2.05, 4.69) is 15.4 Å². The van der Waals surface area contributed by atoms with Gasteiger partial charge in [0, 0.05) is 0 Å². The third-order valence-corrected chi connectivity index (χ3v) is 2.15. The van der Waals surface area contributed by atoms with E-state index in [-0.39, 0.29) is 23.5 Å². The molecule has 0 radical (unpaired) electrons. The molecule has 0 N–H and O–H groups in total. The molecule has 0 spiro atoms. The average Bonchev–Trinajstić information content (AvgIpc) is 2.39. The molecule has 0 atom stereocenters. The van der Waals surface area contributed by atoms with Crippen LogP contribution in [-0.4, -0.2) is 19.3 Å². The molecule has 1 rings (SSSR count). The lowest BCUT2D eigenvalue weighted by atomic mass is 10.1. The van der Waals surface area contributed by atoms with Crippen molar-refractivity contribution < 1.29 is 40.6 Å². The van der Waals surface area contributed by atoms with Gasteiger partial charge in [-0.3, -0.25) is 9.47 Å². The molecule has 0 aliphatic rings. The van der Waals surface area contributed by atoms with Crippen LogP contribution in [0, 0.1) is 12.3 Å². The van der Waals surface area contributed by atoms with Crippen LogP contribution >= 0.6 is 0 Å². The summed E-state index contributed by atoms with van der Waals surface area (Å²) in [7, 11) is 0. The third-order valence-electron chi connectivity index (χ3n) is 2.15. The molecule has 0 aliphatic heterocycles. The number of halogens is 6. The average molecular weight is 328 g/mol. The summed E-state index contributed by atoms with van der Waals surface area (Å²) in [4.78, 5) is 0.